The van der Waals surface area contributed by atoms with Crippen LogP contribution in [0, 0.1) is 0 Å². The summed E-state index contributed by atoms with van der Waals surface area (Å²) in [7, 11) is -3.12. The Balaban J connectivity index is 0.000000158. The highest BCUT2D eigenvalue weighted by atomic mass is 35.5. The highest BCUT2D eigenvalue weighted by Gasteiger charge is 2.25. The van der Waals surface area contributed by atoms with Crippen LogP contribution < -0.4 is 0 Å². The molecule has 0 aliphatic carbocycles. The Labute approximate surface area is 368 Å². The third-order valence-corrected chi connectivity index (χ3v) is 13.9. The van der Waals surface area contributed by atoms with Gasteiger partial charge in [0.25, 0.3) is 0 Å². The van der Waals surface area contributed by atoms with Gasteiger partial charge in [-0.3, -0.25) is 29.7 Å². The number of benzene rings is 4. The lowest BCUT2D eigenvalue weighted by atomic mass is 10.1. The zero-order valence-electron chi connectivity index (χ0n) is 34.5. The Morgan fingerprint density at radius 3 is 1.58 bits per heavy atom. The number of aliphatic carboxylic acids is 1. The number of H-pyrrole nitrogens is 4. The molecule has 0 amide bonds. The van der Waals surface area contributed by atoms with Crippen molar-refractivity contribution in [3.8, 4) is 22.8 Å². The minimum Gasteiger partial charge on any atom is -0.481 e. The average molecular weight is 896 g/mol. The number of sulfonamides is 1. The van der Waals surface area contributed by atoms with Gasteiger partial charge in [-0.1, -0.05) is 47.5 Å². The number of fused-ring (bicyclic) bond motifs is 4. The number of carbonyl (C=O) groups is 1. The lowest BCUT2D eigenvalue weighted by Crippen LogP contribution is -2.49. The molecule has 17 heteroatoms. The molecule has 0 radical (unpaired) electrons. The van der Waals surface area contributed by atoms with Crippen LogP contribution in [0.15, 0.2) is 84.9 Å². The van der Waals surface area contributed by atoms with E-state index < -0.39 is 16.0 Å². The van der Waals surface area contributed by atoms with Gasteiger partial charge >= 0.3 is 5.97 Å². The number of carboxylic acids is 1. The summed E-state index contributed by atoms with van der Waals surface area (Å²) < 4.78 is 25.0. The second kappa shape index (κ2) is 17.5. The van der Waals surface area contributed by atoms with Gasteiger partial charge in [0.2, 0.25) is 10.0 Å². The van der Waals surface area contributed by atoms with E-state index in [0.717, 1.165) is 113 Å². The van der Waals surface area contributed by atoms with Gasteiger partial charge in [0.15, 0.2) is 0 Å². The molecule has 2 fully saturated rings. The molecule has 14 nitrogen and oxygen atoms in total. The van der Waals surface area contributed by atoms with E-state index in [1.54, 1.807) is 4.31 Å². The van der Waals surface area contributed by atoms with Crippen molar-refractivity contribution in [1.82, 2.24) is 49.4 Å². The predicted octanol–water partition coefficient (Wildman–Crippen LogP) is 7.79. The SMILES string of the molecule is CC(CC(=O)O)N1CCN(Cc2cccc3[nH]c(-c4n[nH]c5cc(Cl)ccc45)cc23)CC1.CS(=O)(=O)N1CCN(Cc2cccc3[nH]c(-c4n[nH]c5cc(Cl)ccc45)cc23)CC1. The maximum Gasteiger partial charge on any atom is 0.304 e. The highest BCUT2D eigenvalue weighted by molar-refractivity contribution is 7.88. The molecule has 8 aromatic rings. The van der Waals surface area contributed by atoms with Crippen molar-refractivity contribution in [2.24, 2.45) is 0 Å². The van der Waals surface area contributed by atoms with Gasteiger partial charge in [0.1, 0.15) is 11.4 Å². The topological polar surface area (TPSA) is 173 Å². The number of carboxylic acid groups (broad SMARTS) is 1. The molecule has 1 unspecified atom stereocenters. The number of nitrogens with one attached hydrogen (secondary N) is 4. The number of nitrogens with zero attached hydrogens (tertiary/aromatic N) is 6. The number of hydrogen-bond acceptors (Lipinski definition) is 8. The Morgan fingerprint density at radius 2 is 1.13 bits per heavy atom. The van der Waals surface area contributed by atoms with Crippen LogP contribution in [0.2, 0.25) is 10.0 Å². The van der Waals surface area contributed by atoms with Crippen molar-refractivity contribution >= 4 is 82.8 Å². The van der Waals surface area contributed by atoms with Crippen LogP contribution in [0.3, 0.4) is 0 Å². The van der Waals surface area contributed by atoms with Crippen molar-refractivity contribution < 1.29 is 18.3 Å². The number of piperazine rings is 2. The first kappa shape index (κ1) is 42.1. The Hall–Kier alpha value is -5.26. The van der Waals surface area contributed by atoms with Crippen molar-refractivity contribution in [2.45, 2.75) is 32.5 Å². The summed E-state index contributed by atoms with van der Waals surface area (Å²) in [6.45, 7) is 9.83. The number of aromatic amines is 4. The standard InChI is InChI=1S/C24H26ClN5O2.C21H22ClN5O2S/c1-15(11-23(31)32)30-9-7-29(8-10-30)14-16-3-2-4-20-19(16)13-22(26-20)24-18-6-5-17(25)12-21(18)27-28-24;1-30(28,29)27-9-7-26(8-10-27)13-14-3-2-4-18-17(14)12-20(23-18)21-16-6-5-15(22)11-19(16)24-25-21/h2-6,12-13,15,26H,7-11,14H2,1H3,(H,27,28)(H,31,32);2-6,11-12,23H,7-10,13H2,1H3,(H,24,25). The quantitative estimate of drug-likeness (QED) is 0.0919. The molecule has 322 valence electrons. The number of halogens is 2. The first-order valence-corrected chi connectivity index (χ1v) is 23.3. The van der Waals surface area contributed by atoms with Crippen LogP contribution in [0.1, 0.15) is 24.5 Å². The van der Waals surface area contributed by atoms with Crippen LogP contribution >= 0.6 is 23.2 Å². The fourth-order valence-electron chi connectivity index (χ4n) is 8.81. The number of hydrogen-bond donors (Lipinski definition) is 5. The molecule has 62 heavy (non-hydrogen) atoms. The lowest BCUT2D eigenvalue weighted by Gasteiger charge is -2.37. The van der Waals surface area contributed by atoms with E-state index in [-0.39, 0.29) is 12.5 Å². The summed E-state index contributed by atoms with van der Waals surface area (Å²) in [5.41, 5.74) is 10.2. The summed E-state index contributed by atoms with van der Waals surface area (Å²) >= 11 is 12.2. The monoisotopic (exact) mass is 894 g/mol. The molecule has 6 heterocycles. The summed E-state index contributed by atoms with van der Waals surface area (Å²) in [5.74, 6) is -0.734. The van der Waals surface area contributed by atoms with E-state index in [2.05, 4.69) is 87.5 Å². The maximum atomic E-state index is 11.7. The van der Waals surface area contributed by atoms with Crippen molar-refractivity contribution in [2.75, 3.05) is 58.6 Å². The maximum absolute atomic E-state index is 11.7. The molecular weight excluding hydrogens is 848 g/mol. The van der Waals surface area contributed by atoms with Gasteiger partial charge in [-0.15, -0.1) is 0 Å². The Morgan fingerprint density at radius 1 is 0.661 bits per heavy atom. The number of aromatic nitrogens is 6. The molecule has 4 aromatic heterocycles. The van der Waals surface area contributed by atoms with Gasteiger partial charge in [0, 0.05) is 114 Å². The van der Waals surface area contributed by atoms with E-state index in [0.29, 0.717) is 23.1 Å². The first-order chi connectivity index (χ1) is 29.9. The van der Waals surface area contributed by atoms with Gasteiger partial charge < -0.3 is 15.1 Å². The second-order valence-corrected chi connectivity index (χ2v) is 19.2. The van der Waals surface area contributed by atoms with Crippen LogP contribution in [0.4, 0.5) is 0 Å². The number of rotatable bonds is 10. The third kappa shape index (κ3) is 8.97. The summed E-state index contributed by atoms with van der Waals surface area (Å²) in [6.07, 6.45) is 1.47. The zero-order valence-corrected chi connectivity index (χ0v) is 36.8. The summed E-state index contributed by atoms with van der Waals surface area (Å²) in [4.78, 5) is 25.0. The van der Waals surface area contributed by atoms with Crippen LogP contribution in [0.25, 0.3) is 66.4 Å². The molecule has 2 aliphatic heterocycles. The molecule has 0 saturated carbocycles. The smallest absolute Gasteiger partial charge is 0.304 e. The fourth-order valence-corrected chi connectivity index (χ4v) is 9.98. The summed E-state index contributed by atoms with van der Waals surface area (Å²) in [6, 6.07) is 28.5. The normalized spacial score (nSPS) is 16.6. The van der Waals surface area contributed by atoms with Crippen molar-refractivity contribution in [1.29, 1.82) is 0 Å². The summed E-state index contributed by atoms with van der Waals surface area (Å²) in [5, 5.41) is 30.0. The van der Waals surface area contributed by atoms with Gasteiger partial charge in [-0.2, -0.15) is 14.5 Å². The molecule has 4 aromatic carbocycles. The van der Waals surface area contributed by atoms with Crippen molar-refractivity contribution in [3.63, 3.8) is 0 Å². The molecule has 1 atom stereocenters. The van der Waals surface area contributed by atoms with Gasteiger partial charge in [-0.05, 0) is 78.7 Å². The minimum absolute atomic E-state index is 0.0730. The van der Waals surface area contributed by atoms with Crippen LogP contribution in [0.5, 0.6) is 0 Å². The Bertz CT molecular complexity index is 3020. The Kier molecular flexibility index (Phi) is 11.9. The van der Waals surface area contributed by atoms with Crippen LogP contribution in [-0.2, 0) is 27.9 Å². The highest BCUT2D eigenvalue weighted by Crippen LogP contribution is 2.33. The zero-order chi connectivity index (χ0) is 43.1. The molecule has 2 aliphatic rings. The minimum atomic E-state index is -3.12. The molecule has 10 rings (SSSR count). The van der Waals surface area contributed by atoms with E-state index >= 15 is 0 Å². The molecule has 0 spiro atoms. The molecular formula is C45H48Cl2N10O4S. The molecule has 2 saturated heterocycles. The average Bonchev–Trinajstić information content (AvgIpc) is 4.06. The van der Waals surface area contributed by atoms with E-state index in [9.17, 15) is 13.2 Å². The van der Waals surface area contributed by atoms with E-state index in [1.807, 2.05) is 49.4 Å². The lowest BCUT2D eigenvalue weighted by molar-refractivity contribution is -0.138. The third-order valence-electron chi connectivity index (χ3n) is 12.2. The van der Waals surface area contributed by atoms with Gasteiger partial charge in [-0.25, -0.2) is 8.42 Å². The predicted molar refractivity (Wildman–Crippen MR) is 247 cm³/mol. The van der Waals surface area contributed by atoms with E-state index in [1.165, 1.54) is 22.8 Å². The van der Waals surface area contributed by atoms with Gasteiger partial charge in [0.05, 0.1) is 35.1 Å². The van der Waals surface area contributed by atoms with Crippen molar-refractivity contribution in [3.05, 3.63) is 106 Å². The fraction of sp³-hybridized carbons (Fsp3) is 0.311. The largest absolute Gasteiger partial charge is 0.481 e. The first-order valence-electron chi connectivity index (χ1n) is 20.7. The van der Waals surface area contributed by atoms with E-state index in [4.69, 9.17) is 28.3 Å². The second-order valence-electron chi connectivity index (χ2n) is 16.3. The molecule has 5 N–H and O–H groups in total. The van der Waals surface area contributed by atoms with Crippen LogP contribution in [-0.4, -0.2) is 134 Å². The molecule has 0 bridgehead atoms.